The Morgan fingerprint density at radius 2 is 1.77 bits per heavy atom. The van der Waals surface area contributed by atoms with Crippen LogP contribution in [0.15, 0.2) is 15.0 Å². The number of nitrogens with zero attached hydrogens (tertiary/aromatic N) is 5. The number of hydrogen-bond acceptors (Lipinski definition) is 7. The van der Waals surface area contributed by atoms with E-state index in [1.807, 2.05) is 0 Å². The largest absolute Gasteiger partial charge is 0.378 e. The van der Waals surface area contributed by atoms with Crippen molar-refractivity contribution in [1.29, 1.82) is 0 Å². The summed E-state index contributed by atoms with van der Waals surface area (Å²) in [5.74, 6) is 0.884. The molecular formula is C14H20ClN5O2. The molecule has 2 fully saturated rings. The SMILES string of the molecule is CC1(C)N=C(N2CCOCC2)C2=NC(Cl)=NC23COCCN13. The summed E-state index contributed by atoms with van der Waals surface area (Å²) in [6.45, 7) is 9.15. The lowest BCUT2D eigenvalue weighted by atomic mass is 9.93. The molecule has 0 bridgehead atoms. The highest BCUT2D eigenvalue weighted by molar-refractivity contribution is 6.68. The third-order valence-electron chi connectivity index (χ3n) is 4.63. The molecule has 0 amide bonds. The number of morpholine rings is 2. The third kappa shape index (κ3) is 2.03. The van der Waals surface area contributed by atoms with Crippen LogP contribution in [-0.4, -0.2) is 84.0 Å². The Bertz CT molecular complexity index is 582. The van der Waals surface area contributed by atoms with Gasteiger partial charge in [-0.1, -0.05) is 0 Å². The van der Waals surface area contributed by atoms with Crippen molar-refractivity contribution in [2.75, 3.05) is 46.1 Å². The maximum atomic E-state index is 6.18. The smallest absolute Gasteiger partial charge is 0.220 e. The van der Waals surface area contributed by atoms with Gasteiger partial charge in [0.05, 0.1) is 26.4 Å². The molecular weight excluding hydrogens is 306 g/mol. The normalized spacial score (nSPS) is 34.5. The number of hydrogen-bond donors (Lipinski definition) is 0. The average Bonchev–Trinajstić information content (AvgIpc) is 2.83. The van der Waals surface area contributed by atoms with Gasteiger partial charge < -0.3 is 14.4 Å². The standard InChI is InChI=1S/C14H20ClN5O2/c1-13(2)17-11(19-3-6-21-7-4-19)10-14(18-12(15)16-10)9-22-8-5-20(13)14/h3-9H2,1-2H3. The van der Waals surface area contributed by atoms with E-state index in [9.17, 15) is 0 Å². The molecule has 0 radical (unpaired) electrons. The van der Waals surface area contributed by atoms with E-state index in [-0.39, 0.29) is 11.0 Å². The van der Waals surface area contributed by atoms with Gasteiger partial charge in [0.1, 0.15) is 11.4 Å². The minimum absolute atomic E-state index is 0.282. The first kappa shape index (κ1) is 14.6. The zero-order valence-corrected chi connectivity index (χ0v) is 13.6. The fraction of sp³-hybridized carbons (Fsp3) is 0.786. The van der Waals surface area contributed by atoms with Crippen LogP contribution in [0.2, 0.25) is 0 Å². The summed E-state index contributed by atoms with van der Waals surface area (Å²) in [6, 6.07) is 0. The number of halogens is 1. The zero-order chi connectivity index (χ0) is 15.4. The molecule has 8 heteroatoms. The topological polar surface area (TPSA) is 62.0 Å². The summed E-state index contributed by atoms with van der Waals surface area (Å²) < 4.78 is 11.2. The highest BCUT2D eigenvalue weighted by Crippen LogP contribution is 2.39. The lowest BCUT2D eigenvalue weighted by Gasteiger charge is -2.53. The second kappa shape index (κ2) is 4.99. The molecule has 1 unspecified atom stereocenters. The molecule has 4 aliphatic rings. The van der Waals surface area contributed by atoms with Crippen LogP contribution >= 0.6 is 11.6 Å². The van der Waals surface area contributed by atoms with Gasteiger partial charge in [0.25, 0.3) is 0 Å². The van der Waals surface area contributed by atoms with Crippen LogP contribution < -0.4 is 0 Å². The first-order valence-corrected chi connectivity index (χ1v) is 8.04. The molecule has 4 heterocycles. The maximum Gasteiger partial charge on any atom is 0.220 e. The Hall–Kier alpha value is -1.02. The van der Waals surface area contributed by atoms with Crippen molar-refractivity contribution in [1.82, 2.24) is 9.80 Å². The molecule has 4 rings (SSSR count). The van der Waals surface area contributed by atoms with E-state index in [0.717, 1.165) is 31.2 Å². The summed E-state index contributed by atoms with van der Waals surface area (Å²) in [6.07, 6.45) is 0. The van der Waals surface area contributed by atoms with Gasteiger partial charge in [-0.25, -0.2) is 19.9 Å². The monoisotopic (exact) mass is 325 g/mol. The van der Waals surface area contributed by atoms with Gasteiger partial charge in [0.15, 0.2) is 11.5 Å². The van der Waals surface area contributed by atoms with Gasteiger partial charge in [-0.05, 0) is 25.4 Å². The van der Waals surface area contributed by atoms with Crippen LogP contribution in [0.25, 0.3) is 0 Å². The highest BCUT2D eigenvalue weighted by atomic mass is 35.5. The van der Waals surface area contributed by atoms with Crippen LogP contribution in [0, 0.1) is 0 Å². The van der Waals surface area contributed by atoms with Gasteiger partial charge in [0, 0.05) is 19.6 Å². The summed E-state index contributed by atoms with van der Waals surface area (Å²) >= 11 is 6.18. The Morgan fingerprint density at radius 3 is 2.55 bits per heavy atom. The van der Waals surface area contributed by atoms with Crippen LogP contribution in [0.5, 0.6) is 0 Å². The third-order valence-corrected chi connectivity index (χ3v) is 4.80. The molecule has 7 nitrogen and oxygen atoms in total. The van der Waals surface area contributed by atoms with Crippen molar-refractivity contribution in [2.24, 2.45) is 15.0 Å². The van der Waals surface area contributed by atoms with Gasteiger partial charge in [-0.2, -0.15) is 0 Å². The Balaban J connectivity index is 1.82. The Kier molecular flexibility index (Phi) is 3.30. The second-order valence-corrected chi connectivity index (χ2v) is 6.73. The second-order valence-electron chi connectivity index (χ2n) is 6.39. The molecule has 0 saturated carbocycles. The van der Waals surface area contributed by atoms with Crippen LogP contribution in [-0.2, 0) is 9.47 Å². The van der Waals surface area contributed by atoms with Crippen LogP contribution in [0.1, 0.15) is 13.8 Å². The Labute approximate surface area is 134 Å². The number of aliphatic imine (C=N–C) groups is 3. The van der Waals surface area contributed by atoms with Crippen molar-refractivity contribution < 1.29 is 9.47 Å². The summed E-state index contributed by atoms with van der Waals surface area (Å²) in [4.78, 5) is 18.6. The number of ether oxygens (including phenoxy) is 2. The van der Waals surface area contributed by atoms with E-state index >= 15 is 0 Å². The van der Waals surface area contributed by atoms with Crippen LogP contribution in [0.3, 0.4) is 0 Å². The molecule has 0 aromatic heterocycles. The van der Waals surface area contributed by atoms with E-state index in [2.05, 4.69) is 33.6 Å². The number of rotatable bonds is 0. The number of amidine groups is 2. The van der Waals surface area contributed by atoms with E-state index in [0.29, 0.717) is 26.4 Å². The van der Waals surface area contributed by atoms with E-state index in [4.69, 9.17) is 26.1 Å². The molecule has 2 saturated heterocycles. The molecule has 0 N–H and O–H groups in total. The van der Waals surface area contributed by atoms with Gasteiger partial charge in [0.2, 0.25) is 5.29 Å². The first-order valence-electron chi connectivity index (χ1n) is 7.66. The van der Waals surface area contributed by atoms with Crippen molar-refractivity contribution in [3.63, 3.8) is 0 Å². The lowest BCUT2D eigenvalue weighted by Crippen LogP contribution is -2.71. The molecule has 4 aliphatic heterocycles. The molecule has 0 aromatic carbocycles. The minimum Gasteiger partial charge on any atom is -0.378 e. The average molecular weight is 326 g/mol. The van der Waals surface area contributed by atoms with Crippen molar-refractivity contribution in [2.45, 2.75) is 25.2 Å². The first-order chi connectivity index (χ1) is 10.5. The minimum atomic E-state index is -0.631. The fourth-order valence-corrected chi connectivity index (χ4v) is 3.88. The molecule has 0 aromatic rings. The summed E-state index contributed by atoms with van der Waals surface area (Å²) in [5, 5.41) is 0.282. The van der Waals surface area contributed by atoms with E-state index in [1.54, 1.807) is 0 Å². The van der Waals surface area contributed by atoms with Crippen molar-refractivity contribution >= 4 is 28.4 Å². The summed E-state index contributed by atoms with van der Waals surface area (Å²) in [5.41, 5.74) is -0.186. The predicted molar refractivity (Wildman–Crippen MR) is 84.9 cm³/mol. The highest BCUT2D eigenvalue weighted by Gasteiger charge is 2.57. The lowest BCUT2D eigenvalue weighted by molar-refractivity contribution is -0.0772. The molecule has 120 valence electrons. The molecule has 22 heavy (non-hydrogen) atoms. The quantitative estimate of drug-likeness (QED) is 0.610. The fourth-order valence-electron chi connectivity index (χ4n) is 3.66. The van der Waals surface area contributed by atoms with Gasteiger partial charge in [-0.15, -0.1) is 0 Å². The van der Waals surface area contributed by atoms with Gasteiger partial charge >= 0.3 is 0 Å². The molecule has 1 atom stereocenters. The molecule has 1 spiro atoms. The summed E-state index contributed by atoms with van der Waals surface area (Å²) in [7, 11) is 0. The van der Waals surface area contributed by atoms with Crippen molar-refractivity contribution in [3.8, 4) is 0 Å². The Morgan fingerprint density at radius 1 is 1.05 bits per heavy atom. The zero-order valence-electron chi connectivity index (χ0n) is 12.9. The van der Waals surface area contributed by atoms with E-state index < -0.39 is 5.66 Å². The van der Waals surface area contributed by atoms with Crippen LogP contribution in [0.4, 0.5) is 0 Å². The predicted octanol–water partition coefficient (Wildman–Crippen LogP) is 0.545. The maximum absolute atomic E-state index is 6.18. The molecule has 0 aliphatic carbocycles. The van der Waals surface area contributed by atoms with E-state index in [1.165, 1.54) is 0 Å². The van der Waals surface area contributed by atoms with Gasteiger partial charge in [-0.3, -0.25) is 0 Å². The van der Waals surface area contributed by atoms with Crippen molar-refractivity contribution in [3.05, 3.63) is 0 Å².